The van der Waals surface area contributed by atoms with E-state index in [0.29, 0.717) is 22.4 Å². The van der Waals surface area contributed by atoms with E-state index in [9.17, 15) is 8.42 Å². The summed E-state index contributed by atoms with van der Waals surface area (Å²) < 4.78 is 28.5. The average molecular weight is 564 g/mol. The molecule has 1 aliphatic heterocycles. The summed E-state index contributed by atoms with van der Waals surface area (Å²) in [6.07, 6.45) is 6.10. The third kappa shape index (κ3) is 4.89. The lowest BCUT2D eigenvalue weighted by atomic mass is 9.93. The number of likely N-dealkylation sites (tertiary alicyclic amines) is 1. The maximum atomic E-state index is 13.3. The van der Waals surface area contributed by atoms with E-state index in [0.717, 1.165) is 54.1 Å². The largest absolute Gasteiger partial charge is 0.351 e. The fourth-order valence-electron chi connectivity index (χ4n) is 5.18. The van der Waals surface area contributed by atoms with Gasteiger partial charge in [-0.05, 0) is 68.6 Å². The number of pyridine rings is 1. The lowest BCUT2D eigenvalue weighted by molar-refractivity contribution is 0.205. The van der Waals surface area contributed by atoms with Crippen LogP contribution in [0.1, 0.15) is 36.3 Å². The zero-order chi connectivity index (χ0) is 26.1. The zero-order valence-corrected chi connectivity index (χ0v) is 23.5. The van der Waals surface area contributed by atoms with Gasteiger partial charge in [0.2, 0.25) is 0 Å². The third-order valence-electron chi connectivity index (χ3n) is 7.09. The lowest BCUT2D eigenvalue weighted by Gasteiger charge is -2.31. The molecule has 1 aromatic carbocycles. The molecule has 4 aromatic heterocycles. The number of anilines is 1. The van der Waals surface area contributed by atoms with Gasteiger partial charge < -0.3 is 4.98 Å². The second-order valence-corrected chi connectivity index (χ2v) is 13.6. The standard InChI is InChI=1S/C28H29N5O2S3/c1-2-33(38(34,35)26-10-6-16-36-26)25-9-5-7-21-17-24(31-27(21)25)28-30-18-22(37-28)19-32-14-11-20(12-15-32)23-8-3-4-13-29-23/h3-10,13,16-18,20,31H,2,11-12,14-15,19H2,1H3. The van der Waals surface area contributed by atoms with Gasteiger partial charge in [-0.15, -0.1) is 22.7 Å². The molecule has 10 heteroatoms. The summed E-state index contributed by atoms with van der Waals surface area (Å²) in [4.78, 5) is 16.5. The number of nitrogens with zero attached hydrogens (tertiary/aromatic N) is 4. The van der Waals surface area contributed by atoms with Crippen LogP contribution in [-0.4, -0.2) is 47.9 Å². The molecule has 5 aromatic rings. The molecule has 0 aliphatic carbocycles. The van der Waals surface area contributed by atoms with Gasteiger partial charge >= 0.3 is 0 Å². The van der Waals surface area contributed by atoms with E-state index in [1.165, 1.54) is 26.2 Å². The topological polar surface area (TPSA) is 82.2 Å². The fraction of sp³-hybridized carbons (Fsp3) is 0.286. The smallest absolute Gasteiger partial charge is 0.273 e. The van der Waals surface area contributed by atoms with E-state index < -0.39 is 10.0 Å². The number of piperidine rings is 1. The van der Waals surface area contributed by atoms with Gasteiger partial charge in [0.1, 0.15) is 9.22 Å². The quantitative estimate of drug-likeness (QED) is 0.238. The van der Waals surface area contributed by atoms with Gasteiger partial charge in [0, 0.05) is 47.4 Å². The number of H-pyrrole nitrogens is 1. The fourth-order valence-corrected chi connectivity index (χ4v) is 8.70. The monoisotopic (exact) mass is 563 g/mol. The van der Waals surface area contributed by atoms with Crippen molar-refractivity contribution in [1.82, 2.24) is 19.9 Å². The summed E-state index contributed by atoms with van der Waals surface area (Å²) in [7, 11) is -3.63. The van der Waals surface area contributed by atoms with Crippen molar-refractivity contribution in [2.45, 2.75) is 36.4 Å². The first-order valence-corrected chi connectivity index (χ1v) is 15.9. The van der Waals surface area contributed by atoms with E-state index in [4.69, 9.17) is 4.98 Å². The minimum atomic E-state index is -3.63. The number of para-hydroxylation sites is 1. The van der Waals surface area contributed by atoms with Gasteiger partial charge in [0.15, 0.2) is 0 Å². The van der Waals surface area contributed by atoms with Crippen molar-refractivity contribution in [3.63, 3.8) is 0 Å². The molecule has 0 saturated carbocycles. The summed E-state index contributed by atoms with van der Waals surface area (Å²) in [6, 6.07) is 17.4. The van der Waals surface area contributed by atoms with Crippen LogP contribution in [0.5, 0.6) is 0 Å². The molecule has 1 fully saturated rings. The molecule has 0 bridgehead atoms. The van der Waals surface area contributed by atoms with E-state index in [2.05, 4.69) is 33.1 Å². The Hall–Kier alpha value is -3.05. The highest BCUT2D eigenvalue weighted by Gasteiger charge is 2.27. The number of rotatable bonds is 8. The van der Waals surface area contributed by atoms with Gasteiger partial charge in [-0.1, -0.05) is 24.3 Å². The van der Waals surface area contributed by atoms with Gasteiger partial charge in [0.05, 0.1) is 16.9 Å². The van der Waals surface area contributed by atoms with Crippen LogP contribution in [0.15, 0.2) is 76.6 Å². The molecule has 0 unspecified atom stereocenters. The lowest BCUT2D eigenvalue weighted by Crippen LogP contribution is -2.32. The number of sulfonamides is 1. The molecular formula is C28H29N5O2S3. The number of aromatic amines is 1. The van der Waals surface area contributed by atoms with Crippen molar-refractivity contribution < 1.29 is 8.42 Å². The number of hydrogen-bond acceptors (Lipinski definition) is 7. The molecule has 1 N–H and O–H groups in total. The Morgan fingerprint density at radius 1 is 1.08 bits per heavy atom. The van der Waals surface area contributed by atoms with Crippen LogP contribution in [0.4, 0.5) is 5.69 Å². The van der Waals surface area contributed by atoms with E-state index in [-0.39, 0.29) is 0 Å². The Morgan fingerprint density at radius 3 is 2.68 bits per heavy atom. The van der Waals surface area contributed by atoms with E-state index in [1.54, 1.807) is 28.8 Å². The molecule has 0 radical (unpaired) electrons. The summed E-state index contributed by atoms with van der Waals surface area (Å²) >= 11 is 2.93. The molecule has 0 spiro atoms. The molecule has 0 atom stereocenters. The predicted octanol–water partition coefficient (Wildman–Crippen LogP) is 6.34. The molecule has 38 heavy (non-hydrogen) atoms. The highest BCUT2D eigenvalue weighted by atomic mass is 32.2. The second-order valence-electron chi connectivity index (χ2n) is 9.46. The first-order valence-electron chi connectivity index (χ1n) is 12.8. The van der Waals surface area contributed by atoms with Crippen LogP contribution >= 0.6 is 22.7 Å². The predicted molar refractivity (Wildman–Crippen MR) is 155 cm³/mol. The highest BCUT2D eigenvalue weighted by molar-refractivity contribution is 7.94. The first kappa shape index (κ1) is 25.2. The molecule has 1 aliphatic rings. The van der Waals surface area contributed by atoms with Crippen molar-refractivity contribution in [2.75, 3.05) is 23.9 Å². The van der Waals surface area contributed by atoms with Crippen LogP contribution in [0.25, 0.3) is 21.6 Å². The van der Waals surface area contributed by atoms with Crippen molar-refractivity contribution in [1.29, 1.82) is 0 Å². The number of hydrogen-bond donors (Lipinski definition) is 1. The average Bonchev–Trinajstić information content (AvgIpc) is 3.71. The highest BCUT2D eigenvalue weighted by Crippen LogP contribution is 2.36. The van der Waals surface area contributed by atoms with Crippen LogP contribution in [0.2, 0.25) is 0 Å². The zero-order valence-electron chi connectivity index (χ0n) is 21.1. The SMILES string of the molecule is CCN(c1cccc2cc(-c3ncc(CN4CCC(c5ccccn5)CC4)s3)[nH]c12)S(=O)(=O)c1cccs1. The normalized spacial score (nSPS) is 15.3. The molecule has 5 heterocycles. The van der Waals surface area contributed by atoms with Gasteiger partial charge in [0.25, 0.3) is 10.0 Å². The summed E-state index contributed by atoms with van der Waals surface area (Å²) in [5, 5.41) is 3.66. The number of benzene rings is 1. The molecule has 1 saturated heterocycles. The Kier molecular flexibility index (Phi) is 7.05. The van der Waals surface area contributed by atoms with Crippen LogP contribution in [0, 0.1) is 0 Å². The first-order chi connectivity index (χ1) is 18.5. The maximum Gasteiger partial charge on any atom is 0.273 e. The Morgan fingerprint density at radius 2 is 1.95 bits per heavy atom. The van der Waals surface area contributed by atoms with Crippen molar-refractivity contribution in [3.05, 3.63) is 82.9 Å². The van der Waals surface area contributed by atoms with Gasteiger partial charge in [-0.3, -0.25) is 14.2 Å². The van der Waals surface area contributed by atoms with Crippen molar-refractivity contribution in [3.8, 4) is 10.7 Å². The molecule has 7 nitrogen and oxygen atoms in total. The molecule has 196 valence electrons. The molecule has 0 amide bonds. The van der Waals surface area contributed by atoms with Crippen molar-refractivity contribution >= 4 is 49.3 Å². The third-order valence-corrected chi connectivity index (χ3v) is 11.4. The van der Waals surface area contributed by atoms with E-state index >= 15 is 0 Å². The van der Waals surface area contributed by atoms with Crippen LogP contribution in [-0.2, 0) is 16.6 Å². The summed E-state index contributed by atoms with van der Waals surface area (Å²) in [5.41, 5.74) is 3.56. The van der Waals surface area contributed by atoms with E-state index in [1.807, 2.05) is 43.6 Å². The minimum Gasteiger partial charge on any atom is -0.351 e. The summed E-state index contributed by atoms with van der Waals surface area (Å²) in [5.74, 6) is 0.538. The Balaban J connectivity index is 1.20. The molecule has 6 rings (SSSR count). The Labute approximate surface area is 230 Å². The minimum absolute atomic E-state index is 0.339. The van der Waals surface area contributed by atoms with Gasteiger partial charge in [-0.2, -0.15) is 0 Å². The van der Waals surface area contributed by atoms with Crippen molar-refractivity contribution in [2.24, 2.45) is 0 Å². The second kappa shape index (κ2) is 10.6. The van der Waals surface area contributed by atoms with Gasteiger partial charge in [-0.25, -0.2) is 13.4 Å². The number of thiophene rings is 1. The van der Waals surface area contributed by atoms with Crippen LogP contribution in [0.3, 0.4) is 0 Å². The maximum absolute atomic E-state index is 13.3. The number of thiazole rings is 1. The number of aromatic nitrogens is 3. The number of fused-ring (bicyclic) bond motifs is 1. The Bertz CT molecular complexity index is 1620. The molecular weight excluding hydrogens is 535 g/mol. The number of nitrogens with one attached hydrogen (secondary N) is 1. The summed E-state index contributed by atoms with van der Waals surface area (Å²) in [6.45, 7) is 5.19. The van der Waals surface area contributed by atoms with Crippen LogP contribution < -0.4 is 4.31 Å².